The summed E-state index contributed by atoms with van der Waals surface area (Å²) in [5, 5.41) is 0. The quantitative estimate of drug-likeness (QED) is 0.641. The van der Waals surface area contributed by atoms with Crippen molar-refractivity contribution in [1.82, 2.24) is 4.98 Å². The van der Waals surface area contributed by atoms with E-state index >= 15 is 0 Å². The van der Waals surface area contributed by atoms with E-state index in [0.717, 1.165) is 5.69 Å². The molecule has 0 atom stereocenters. The number of aryl methyl sites for hydroxylation is 1. The molecular formula is C13H19N. The van der Waals surface area contributed by atoms with Crippen molar-refractivity contribution in [2.75, 3.05) is 0 Å². The van der Waals surface area contributed by atoms with Crippen LogP contribution in [0, 0.1) is 6.92 Å². The first-order chi connectivity index (χ1) is 6.75. The van der Waals surface area contributed by atoms with Crippen LogP contribution in [0.1, 0.15) is 32.0 Å². The van der Waals surface area contributed by atoms with Gasteiger partial charge in [-0.25, -0.2) is 0 Å². The minimum atomic E-state index is 1.06. The normalized spacial score (nSPS) is 10.1. The van der Waals surface area contributed by atoms with Gasteiger partial charge in [-0.1, -0.05) is 38.6 Å². The van der Waals surface area contributed by atoms with E-state index in [9.17, 15) is 0 Å². The zero-order chi connectivity index (χ0) is 11.0. The molecule has 0 aliphatic rings. The molecule has 0 fully saturated rings. The lowest BCUT2D eigenvalue weighted by Crippen LogP contribution is -1.87. The smallest absolute Gasteiger partial charge is 0.0447 e. The summed E-state index contributed by atoms with van der Waals surface area (Å²) in [6.45, 7) is 11.7. The summed E-state index contributed by atoms with van der Waals surface area (Å²) < 4.78 is 0. The minimum absolute atomic E-state index is 1.06. The Labute approximate surface area is 87.2 Å². The van der Waals surface area contributed by atoms with Crippen LogP contribution in [0.15, 0.2) is 37.1 Å². The minimum Gasteiger partial charge on any atom is -0.261 e. The fraction of sp³-hybridized carbons (Fsp3) is 0.308. The number of rotatable bonds is 2. The predicted molar refractivity (Wildman–Crippen MR) is 64.2 cm³/mol. The Bertz CT molecular complexity index is 311. The number of allylic oxidation sites excluding steroid dienone is 3. The average Bonchev–Trinajstić information content (AvgIpc) is 2.22. The molecule has 0 aromatic carbocycles. The highest BCUT2D eigenvalue weighted by Gasteiger charge is 1.97. The molecule has 0 aliphatic heterocycles. The third-order valence-corrected chi connectivity index (χ3v) is 1.80. The second kappa shape index (κ2) is 7.07. The molecule has 0 spiro atoms. The van der Waals surface area contributed by atoms with Gasteiger partial charge in [-0.15, -0.1) is 0 Å². The highest BCUT2D eigenvalue weighted by Crippen LogP contribution is 2.15. The van der Waals surface area contributed by atoms with Crippen LogP contribution < -0.4 is 0 Å². The molecule has 14 heavy (non-hydrogen) atoms. The van der Waals surface area contributed by atoms with E-state index in [1.807, 2.05) is 32.9 Å². The van der Waals surface area contributed by atoms with Crippen molar-refractivity contribution in [3.63, 3.8) is 0 Å². The van der Waals surface area contributed by atoms with Gasteiger partial charge in [0.05, 0.1) is 0 Å². The maximum absolute atomic E-state index is 4.21. The molecule has 0 unspecified atom stereocenters. The largest absolute Gasteiger partial charge is 0.261 e. The van der Waals surface area contributed by atoms with Gasteiger partial charge in [0.1, 0.15) is 0 Å². The van der Waals surface area contributed by atoms with E-state index in [-0.39, 0.29) is 0 Å². The van der Waals surface area contributed by atoms with Crippen LogP contribution in [0.2, 0.25) is 0 Å². The van der Waals surface area contributed by atoms with Crippen LogP contribution >= 0.6 is 0 Å². The van der Waals surface area contributed by atoms with Gasteiger partial charge in [-0.05, 0) is 31.1 Å². The summed E-state index contributed by atoms with van der Waals surface area (Å²) in [6.07, 6.45) is 5.59. The summed E-state index contributed by atoms with van der Waals surface area (Å²) in [7, 11) is 0. The lowest BCUT2D eigenvalue weighted by Gasteiger charge is -2.02. The van der Waals surface area contributed by atoms with Gasteiger partial charge in [0.2, 0.25) is 0 Å². The predicted octanol–water partition coefficient (Wildman–Crippen LogP) is 4.01. The molecule has 0 aliphatic carbocycles. The van der Waals surface area contributed by atoms with Gasteiger partial charge in [-0.3, -0.25) is 4.98 Å². The summed E-state index contributed by atoms with van der Waals surface area (Å²) in [5.41, 5.74) is 3.46. The lowest BCUT2D eigenvalue weighted by molar-refractivity contribution is 1.18. The topological polar surface area (TPSA) is 12.9 Å². The zero-order valence-electron chi connectivity index (χ0n) is 9.54. The third kappa shape index (κ3) is 3.56. The van der Waals surface area contributed by atoms with Gasteiger partial charge in [0.25, 0.3) is 0 Å². The molecule has 0 saturated heterocycles. The number of hydrogen-bond donors (Lipinski definition) is 0. The maximum Gasteiger partial charge on any atom is 0.0447 e. The Morgan fingerprint density at radius 1 is 1.43 bits per heavy atom. The molecule has 0 bridgehead atoms. The van der Waals surface area contributed by atoms with Crippen molar-refractivity contribution in [2.45, 2.75) is 27.7 Å². The molecule has 0 N–H and O–H groups in total. The Morgan fingerprint density at radius 3 is 2.57 bits per heavy atom. The van der Waals surface area contributed by atoms with Crippen LogP contribution in [-0.2, 0) is 0 Å². The standard InChI is InChI=1S/C11H13N.C2H6/c1-4-6-9(2)11-7-5-8-12-10(11)3;1-2/h4-8H,1H2,2-3H3;1-2H3/b9-6-;. The second-order valence-electron chi connectivity index (χ2n) is 2.72. The van der Waals surface area contributed by atoms with Crippen LogP contribution in [-0.4, -0.2) is 4.98 Å². The highest BCUT2D eigenvalue weighted by molar-refractivity contribution is 5.66. The Balaban J connectivity index is 0.000000791. The van der Waals surface area contributed by atoms with E-state index in [2.05, 4.69) is 24.6 Å². The number of pyridine rings is 1. The first kappa shape index (κ1) is 12.6. The second-order valence-corrected chi connectivity index (χ2v) is 2.72. The highest BCUT2D eigenvalue weighted by atomic mass is 14.7. The van der Waals surface area contributed by atoms with Gasteiger partial charge in [0, 0.05) is 11.9 Å². The Morgan fingerprint density at radius 2 is 2.07 bits per heavy atom. The lowest BCUT2D eigenvalue weighted by atomic mass is 10.1. The summed E-state index contributed by atoms with van der Waals surface area (Å²) >= 11 is 0. The molecule has 1 aromatic heterocycles. The molecule has 0 amide bonds. The van der Waals surface area contributed by atoms with Gasteiger partial charge >= 0.3 is 0 Å². The molecule has 1 heteroatoms. The summed E-state index contributed by atoms with van der Waals surface area (Å²) in [4.78, 5) is 4.21. The molecule has 76 valence electrons. The molecule has 1 nitrogen and oxygen atoms in total. The maximum atomic E-state index is 4.21. The van der Waals surface area contributed by atoms with Crippen LogP contribution in [0.3, 0.4) is 0 Å². The van der Waals surface area contributed by atoms with Crippen molar-refractivity contribution in [1.29, 1.82) is 0 Å². The van der Waals surface area contributed by atoms with Crippen molar-refractivity contribution < 1.29 is 0 Å². The first-order valence-corrected chi connectivity index (χ1v) is 4.97. The molecule has 1 rings (SSSR count). The van der Waals surface area contributed by atoms with Crippen LogP contribution in [0.25, 0.3) is 5.57 Å². The monoisotopic (exact) mass is 189 g/mol. The average molecular weight is 189 g/mol. The molecule has 0 saturated carbocycles. The van der Waals surface area contributed by atoms with Crippen molar-refractivity contribution >= 4 is 5.57 Å². The fourth-order valence-corrected chi connectivity index (χ4v) is 1.17. The third-order valence-electron chi connectivity index (χ3n) is 1.80. The zero-order valence-corrected chi connectivity index (χ0v) is 9.54. The van der Waals surface area contributed by atoms with Crippen LogP contribution in [0.4, 0.5) is 0 Å². The van der Waals surface area contributed by atoms with E-state index in [0.29, 0.717) is 0 Å². The van der Waals surface area contributed by atoms with E-state index < -0.39 is 0 Å². The molecule has 1 heterocycles. The van der Waals surface area contributed by atoms with Gasteiger partial charge in [-0.2, -0.15) is 0 Å². The SMILES string of the molecule is C=C/C=C(/C)c1cccnc1C.CC. The summed E-state index contributed by atoms with van der Waals surface area (Å²) in [6, 6.07) is 4.01. The van der Waals surface area contributed by atoms with E-state index in [1.165, 1.54) is 11.1 Å². The van der Waals surface area contributed by atoms with Crippen molar-refractivity contribution in [3.8, 4) is 0 Å². The fourth-order valence-electron chi connectivity index (χ4n) is 1.17. The first-order valence-electron chi connectivity index (χ1n) is 4.97. The Hall–Kier alpha value is -1.37. The van der Waals surface area contributed by atoms with Crippen molar-refractivity contribution in [3.05, 3.63) is 48.3 Å². The summed E-state index contributed by atoms with van der Waals surface area (Å²) in [5.74, 6) is 0. The van der Waals surface area contributed by atoms with E-state index in [4.69, 9.17) is 0 Å². The number of nitrogens with zero attached hydrogens (tertiary/aromatic N) is 1. The molecular weight excluding hydrogens is 170 g/mol. The number of aromatic nitrogens is 1. The molecule has 0 radical (unpaired) electrons. The Kier molecular flexibility index (Phi) is 6.38. The van der Waals surface area contributed by atoms with Gasteiger partial charge < -0.3 is 0 Å². The van der Waals surface area contributed by atoms with Crippen LogP contribution in [0.5, 0.6) is 0 Å². The molecule has 1 aromatic rings. The van der Waals surface area contributed by atoms with Gasteiger partial charge in [0.15, 0.2) is 0 Å². The van der Waals surface area contributed by atoms with Crippen molar-refractivity contribution in [2.24, 2.45) is 0 Å². The van der Waals surface area contributed by atoms with E-state index in [1.54, 1.807) is 12.3 Å². The number of hydrogen-bond acceptors (Lipinski definition) is 1.